The highest BCUT2D eigenvalue weighted by molar-refractivity contribution is 7.89. The molecule has 0 aliphatic heterocycles. The fourth-order valence-corrected chi connectivity index (χ4v) is 4.27. The first-order chi connectivity index (χ1) is 8.50. The topological polar surface area (TPSA) is 46.2 Å². The summed E-state index contributed by atoms with van der Waals surface area (Å²) in [5, 5.41) is 2.11. The zero-order valence-electron chi connectivity index (χ0n) is 9.06. The molecule has 96 valence electrons. The lowest BCUT2D eigenvalue weighted by Crippen LogP contribution is -2.23. The number of rotatable bonds is 4. The van der Waals surface area contributed by atoms with Crippen molar-refractivity contribution >= 4 is 44.6 Å². The first-order valence-corrected chi connectivity index (χ1v) is 8.08. The van der Waals surface area contributed by atoms with Crippen LogP contribution in [0.3, 0.4) is 0 Å². The minimum absolute atomic E-state index is 0.0788. The van der Waals surface area contributed by atoms with Crippen LogP contribution in [-0.2, 0) is 16.6 Å². The highest BCUT2D eigenvalue weighted by Gasteiger charge is 2.21. The Bertz CT molecular complexity index is 619. The zero-order chi connectivity index (χ0) is 13.2. The summed E-state index contributed by atoms with van der Waals surface area (Å²) in [7, 11) is -3.70. The van der Waals surface area contributed by atoms with Gasteiger partial charge in [0.05, 0.1) is 10.0 Å². The summed E-state index contributed by atoms with van der Waals surface area (Å²) in [6.07, 6.45) is 0. The van der Waals surface area contributed by atoms with Crippen molar-refractivity contribution in [2.75, 3.05) is 0 Å². The second-order valence-electron chi connectivity index (χ2n) is 3.45. The molecular formula is C11H9Cl2NO2S2. The van der Waals surface area contributed by atoms with E-state index in [0.29, 0.717) is 0 Å². The van der Waals surface area contributed by atoms with Crippen LogP contribution in [0.4, 0.5) is 0 Å². The molecule has 2 aromatic rings. The first-order valence-electron chi connectivity index (χ1n) is 4.97. The predicted molar refractivity (Wildman–Crippen MR) is 74.8 cm³/mol. The Labute approximate surface area is 119 Å². The monoisotopic (exact) mass is 321 g/mol. The number of thiophene rings is 1. The molecule has 0 spiro atoms. The molecule has 3 nitrogen and oxygen atoms in total. The minimum Gasteiger partial charge on any atom is -0.207 e. The van der Waals surface area contributed by atoms with Crippen LogP contribution in [0, 0.1) is 0 Å². The summed E-state index contributed by atoms with van der Waals surface area (Å²) in [6.45, 7) is 0.224. The van der Waals surface area contributed by atoms with Crippen LogP contribution in [0.25, 0.3) is 0 Å². The molecule has 0 unspecified atom stereocenters. The third kappa shape index (κ3) is 3.05. The number of sulfonamides is 1. The zero-order valence-corrected chi connectivity index (χ0v) is 12.2. The van der Waals surface area contributed by atoms with Gasteiger partial charge in [0.2, 0.25) is 10.0 Å². The van der Waals surface area contributed by atoms with Crippen molar-refractivity contribution in [3.63, 3.8) is 0 Å². The summed E-state index contributed by atoms with van der Waals surface area (Å²) in [5.74, 6) is 0. The van der Waals surface area contributed by atoms with Gasteiger partial charge in [0, 0.05) is 11.4 Å². The molecule has 0 aliphatic carbocycles. The molecule has 7 heteroatoms. The Balaban J connectivity index is 2.26. The minimum atomic E-state index is -3.70. The van der Waals surface area contributed by atoms with Gasteiger partial charge in [0.15, 0.2) is 0 Å². The van der Waals surface area contributed by atoms with E-state index in [-0.39, 0.29) is 21.5 Å². The van der Waals surface area contributed by atoms with E-state index in [1.807, 2.05) is 17.5 Å². The molecule has 0 aliphatic rings. The van der Waals surface area contributed by atoms with Crippen molar-refractivity contribution in [3.05, 3.63) is 50.6 Å². The van der Waals surface area contributed by atoms with E-state index in [0.717, 1.165) is 4.88 Å². The highest BCUT2D eigenvalue weighted by atomic mass is 35.5. The third-order valence-corrected chi connectivity index (χ3v) is 5.44. The molecule has 0 fully saturated rings. The molecule has 1 aromatic carbocycles. The van der Waals surface area contributed by atoms with Gasteiger partial charge in [-0.3, -0.25) is 0 Å². The summed E-state index contributed by atoms with van der Waals surface area (Å²) in [6, 6.07) is 8.29. The van der Waals surface area contributed by atoms with E-state index < -0.39 is 10.0 Å². The van der Waals surface area contributed by atoms with E-state index in [9.17, 15) is 8.42 Å². The fourth-order valence-electron chi connectivity index (χ4n) is 1.39. The maximum Gasteiger partial charge on any atom is 0.243 e. The lowest BCUT2D eigenvalue weighted by atomic mass is 10.4. The van der Waals surface area contributed by atoms with Crippen molar-refractivity contribution in [1.29, 1.82) is 0 Å². The first kappa shape index (κ1) is 13.8. The molecule has 0 saturated heterocycles. The van der Waals surface area contributed by atoms with Crippen molar-refractivity contribution in [3.8, 4) is 0 Å². The molecule has 0 atom stereocenters. The van der Waals surface area contributed by atoms with Crippen LogP contribution in [0.1, 0.15) is 4.88 Å². The van der Waals surface area contributed by atoms with E-state index in [1.165, 1.54) is 23.5 Å². The van der Waals surface area contributed by atoms with Crippen LogP contribution < -0.4 is 4.72 Å². The Morgan fingerprint density at radius 1 is 1.11 bits per heavy atom. The Kier molecular flexibility index (Phi) is 4.29. The van der Waals surface area contributed by atoms with E-state index in [4.69, 9.17) is 23.2 Å². The number of halogens is 2. The Morgan fingerprint density at radius 2 is 1.78 bits per heavy atom. The quantitative estimate of drug-likeness (QED) is 0.936. The van der Waals surface area contributed by atoms with Crippen LogP contribution in [0.15, 0.2) is 40.6 Å². The van der Waals surface area contributed by atoms with Crippen molar-refractivity contribution in [2.45, 2.75) is 11.4 Å². The lowest BCUT2D eigenvalue weighted by Gasteiger charge is -2.09. The van der Waals surface area contributed by atoms with Gasteiger partial charge in [0.25, 0.3) is 0 Å². The molecule has 0 bridgehead atoms. The van der Waals surface area contributed by atoms with Gasteiger partial charge in [-0.1, -0.05) is 35.3 Å². The Hall–Kier alpha value is -0.590. The molecule has 1 heterocycles. The second-order valence-corrected chi connectivity index (χ2v) is 7.01. The van der Waals surface area contributed by atoms with Crippen LogP contribution >= 0.6 is 34.5 Å². The smallest absolute Gasteiger partial charge is 0.207 e. The molecule has 0 radical (unpaired) electrons. The molecule has 2 rings (SSSR count). The highest BCUT2D eigenvalue weighted by Crippen LogP contribution is 2.28. The van der Waals surface area contributed by atoms with Gasteiger partial charge in [-0.25, -0.2) is 13.1 Å². The molecule has 0 saturated carbocycles. The molecule has 18 heavy (non-hydrogen) atoms. The fraction of sp³-hybridized carbons (Fsp3) is 0.0909. The summed E-state index contributed by atoms with van der Waals surface area (Å²) < 4.78 is 26.7. The lowest BCUT2D eigenvalue weighted by molar-refractivity contribution is 0.582. The second kappa shape index (κ2) is 5.59. The SMILES string of the molecule is O=S(=O)(NCc1cccs1)c1c(Cl)cccc1Cl. The van der Waals surface area contributed by atoms with Gasteiger partial charge >= 0.3 is 0 Å². The van der Waals surface area contributed by atoms with Crippen LogP contribution in [-0.4, -0.2) is 8.42 Å². The van der Waals surface area contributed by atoms with Crippen molar-refractivity contribution in [1.82, 2.24) is 4.72 Å². The summed E-state index contributed by atoms with van der Waals surface area (Å²) in [4.78, 5) is 0.839. The van der Waals surface area contributed by atoms with Crippen molar-refractivity contribution in [2.24, 2.45) is 0 Å². The predicted octanol–water partition coefficient (Wildman–Crippen LogP) is 3.53. The van der Waals surface area contributed by atoms with E-state index >= 15 is 0 Å². The number of benzene rings is 1. The van der Waals surface area contributed by atoms with Gasteiger partial charge in [0.1, 0.15) is 4.90 Å². The van der Waals surface area contributed by atoms with E-state index in [2.05, 4.69) is 4.72 Å². The normalized spacial score (nSPS) is 11.7. The number of hydrogen-bond donors (Lipinski definition) is 1. The number of nitrogens with one attached hydrogen (secondary N) is 1. The largest absolute Gasteiger partial charge is 0.243 e. The number of hydrogen-bond acceptors (Lipinski definition) is 3. The molecular weight excluding hydrogens is 313 g/mol. The standard InChI is InChI=1S/C11H9Cl2NO2S2/c12-9-4-1-5-10(13)11(9)18(15,16)14-7-8-3-2-6-17-8/h1-6,14H,7H2. The average molecular weight is 322 g/mol. The van der Waals surface area contributed by atoms with Gasteiger partial charge in [-0.2, -0.15) is 0 Å². The van der Waals surface area contributed by atoms with Gasteiger partial charge in [-0.05, 0) is 23.6 Å². The maximum atomic E-state index is 12.1. The Morgan fingerprint density at radius 3 is 2.33 bits per heavy atom. The van der Waals surface area contributed by atoms with Gasteiger partial charge < -0.3 is 0 Å². The van der Waals surface area contributed by atoms with Gasteiger partial charge in [-0.15, -0.1) is 11.3 Å². The third-order valence-electron chi connectivity index (χ3n) is 2.20. The molecule has 1 N–H and O–H groups in total. The summed E-state index contributed by atoms with van der Waals surface area (Å²) in [5.41, 5.74) is 0. The van der Waals surface area contributed by atoms with Crippen molar-refractivity contribution < 1.29 is 8.42 Å². The molecule has 1 aromatic heterocycles. The molecule has 0 amide bonds. The van der Waals surface area contributed by atoms with Crippen LogP contribution in [0.5, 0.6) is 0 Å². The average Bonchev–Trinajstić information content (AvgIpc) is 2.78. The van der Waals surface area contributed by atoms with E-state index in [1.54, 1.807) is 6.07 Å². The maximum absolute atomic E-state index is 12.1. The van der Waals surface area contributed by atoms with Crippen LogP contribution in [0.2, 0.25) is 10.0 Å². The summed E-state index contributed by atoms with van der Waals surface area (Å²) >= 11 is 13.2.